The number of carbonyl (C=O) groups excluding carboxylic acids is 1. The van der Waals surface area contributed by atoms with Crippen LogP contribution in [0.5, 0.6) is 0 Å². The second kappa shape index (κ2) is 5.32. The fraction of sp³-hybridized carbons (Fsp3) is 0.118. The minimum absolute atomic E-state index is 0.171. The van der Waals surface area contributed by atoms with Gasteiger partial charge in [-0.05, 0) is 38.1 Å². The first-order valence-electron chi connectivity index (χ1n) is 6.75. The molecule has 1 amide bonds. The molecule has 0 spiro atoms. The van der Waals surface area contributed by atoms with E-state index in [9.17, 15) is 4.79 Å². The third-order valence-corrected chi connectivity index (χ3v) is 3.22. The quantitative estimate of drug-likeness (QED) is 0.780. The molecule has 0 atom stereocenters. The minimum atomic E-state index is -0.171. The minimum Gasteiger partial charge on any atom is -0.307 e. The third kappa shape index (κ3) is 2.74. The molecule has 21 heavy (non-hydrogen) atoms. The second-order valence-electron chi connectivity index (χ2n) is 4.95. The summed E-state index contributed by atoms with van der Waals surface area (Å²) in [5.74, 6) is 0.383. The van der Waals surface area contributed by atoms with Gasteiger partial charge >= 0.3 is 0 Å². The number of rotatable bonds is 2. The van der Waals surface area contributed by atoms with Crippen LogP contribution >= 0.6 is 0 Å². The predicted octanol–water partition coefficient (Wildman–Crippen LogP) is 3.50. The fourth-order valence-electron chi connectivity index (χ4n) is 2.29. The number of hydrogen-bond acceptors (Lipinski definition) is 3. The number of nitrogens with zero attached hydrogens (tertiary/aromatic N) is 2. The highest BCUT2D eigenvalue weighted by Gasteiger charge is 2.12. The van der Waals surface area contributed by atoms with Crippen LogP contribution in [0.25, 0.3) is 10.9 Å². The van der Waals surface area contributed by atoms with E-state index in [2.05, 4.69) is 15.3 Å². The van der Waals surface area contributed by atoms with Crippen LogP contribution < -0.4 is 5.32 Å². The topological polar surface area (TPSA) is 54.9 Å². The van der Waals surface area contributed by atoms with Crippen molar-refractivity contribution in [3.05, 3.63) is 65.5 Å². The summed E-state index contributed by atoms with van der Waals surface area (Å²) >= 11 is 0. The summed E-state index contributed by atoms with van der Waals surface area (Å²) in [7, 11) is 0. The Hall–Kier alpha value is -2.75. The Bertz CT molecular complexity index is 827. The van der Waals surface area contributed by atoms with Crippen molar-refractivity contribution < 1.29 is 4.79 Å². The molecule has 3 rings (SSSR count). The van der Waals surface area contributed by atoms with E-state index in [1.807, 2.05) is 50.2 Å². The summed E-state index contributed by atoms with van der Waals surface area (Å²) in [5, 5.41) is 3.68. The molecule has 0 fully saturated rings. The molecule has 2 heterocycles. The van der Waals surface area contributed by atoms with Crippen LogP contribution in [-0.4, -0.2) is 15.9 Å². The van der Waals surface area contributed by atoms with Crippen LogP contribution in [0, 0.1) is 13.8 Å². The highest BCUT2D eigenvalue weighted by atomic mass is 16.1. The molecule has 0 aliphatic rings. The van der Waals surface area contributed by atoms with Crippen molar-refractivity contribution in [1.82, 2.24) is 9.97 Å². The van der Waals surface area contributed by atoms with Gasteiger partial charge in [0.05, 0.1) is 11.1 Å². The van der Waals surface area contributed by atoms with Crippen molar-refractivity contribution >= 4 is 22.6 Å². The molecule has 0 saturated heterocycles. The maximum absolute atomic E-state index is 12.5. The zero-order chi connectivity index (χ0) is 14.8. The van der Waals surface area contributed by atoms with Gasteiger partial charge in [-0.3, -0.25) is 9.78 Å². The van der Waals surface area contributed by atoms with Gasteiger partial charge in [0.15, 0.2) is 0 Å². The number of anilines is 1. The lowest BCUT2D eigenvalue weighted by Crippen LogP contribution is -2.14. The average Bonchev–Trinajstić information content (AvgIpc) is 2.46. The van der Waals surface area contributed by atoms with Crippen molar-refractivity contribution in [2.24, 2.45) is 0 Å². The molecule has 0 radical (unpaired) electrons. The van der Waals surface area contributed by atoms with E-state index < -0.39 is 0 Å². The number of aromatic nitrogens is 2. The van der Waals surface area contributed by atoms with Gasteiger partial charge in [0.25, 0.3) is 5.91 Å². The molecule has 0 saturated carbocycles. The van der Waals surface area contributed by atoms with Gasteiger partial charge in [-0.2, -0.15) is 0 Å². The molecule has 4 heteroatoms. The van der Waals surface area contributed by atoms with Crippen LogP contribution in [0.4, 0.5) is 5.82 Å². The summed E-state index contributed by atoms with van der Waals surface area (Å²) in [6, 6.07) is 15.0. The van der Waals surface area contributed by atoms with Crippen molar-refractivity contribution in [1.29, 1.82) is 0 Å². The van der Waals surface area contributed by atoms with Crippen LogP contribution in [0.1, 0.15) is 21.7 Å². The number of hydrogen-bond donors (Lipinski definition) is 1. The number of pyridine rings is 2. The Balaban J connectivity index is 2.02. The number of fused-ring (bicyclic) bond motifs is 1. The molecule has 0 aliphatic heterocycles. The Morgan fingerprint density at radius 3 is 2.57 bits per heavy atom. The molecule has 1 aromatic carbocycles. The third-order valence-electron chi connectivity index (χ3n) is 3.22. The number of carbonyl (C=O) groups is 1. The molecule has 1 N–H and O–H groups in total. The van der Waals surface area contributed by atoms with Gasteiger partial charge in [-0.25, -0.2) is 4.98 Å². The second-order valence-corrected chi connectivity index (χ2v) is 4.95. The van der Waals surface area contributed by atoms with E-state index >= 15 is 0 Å². The first-order chi connectivity index (χ1) is 10.1. The molecule has 104 valence electrons. The van der Waals surface area contributed by atoms with E-state index in [1.54, 1.807) is 12.1 Å². The van der Waals surface area contributed by atoms with Crippen LogP contribution in [0.2, 0.25) is 0 Å². The molecular weight excluding hydrogens is 262 g/mol. The largest absolute Gasteiger partial charge is 0.307 e. The summed E-state index contributed by atoms with van der Waals surface area (Å²) in [6.07, 6.45) is 0. The van der Waals surface area contributed by atoms with Gasteiger partial charge in [-0.15, -0.1) is 0 Å². The van der Waals surface area contributed by atoms with Gasteiger partial charge < -0.3 is 5.32 Å². The summed E-state index contributed by atoms with van der Waals surface area (Å²) in [6.45, 7) is 3.77. The molecule has 2 aromatic heterocycles. The predicted molar refractivity (Wildman–Crippen MR) is 83.4 cm³/mol. The van der Waals surface area contributed by atoms with E-state index in [1.165, 1.54) is 0 Å². The summed E-state index contributed by atoms with van der Waals surface area (Å²) < 4.78 is 0. The normalized spacial score (nSPS) is 10.6. The smallest absolute Gasteiger partial charge is 0.257 e. The number of para-hydroxylation sites is 1. The standard InChI is InChI=1S/C17H15N3O/c1-11-6-5-9-16(19-11)20-17(21)14-10-12(2)18-15-8-4-3-7-13(14)15/h3-10H,1-2H3,(H,19,20,21). The summed E-state index contributed by atoms with van der Waals surface area (Å²) in [5.41, 5.74) is 3.11. The summed E-state index contributed by atoms with van der Waals surface area (Å²) in [4.78, 5) is 21.3. The molecule has 4 nitrogen and oxygen atoms in total. The van der Waals surface area contributed by atoms with Gasteiger partial charge in [0, 0.05) is 16.8 Å². The molecule has 0 aliphatic carbocycles. The number of nitrogens with one attached hydrogen (secondary N) is 1. The maximum Gasteiger partial charge on any atom is 0.257 e. The molecule has 0 unspecified atom stereocenters. The maximum atomic E-state index is 12.5. The van der Waals surface area contributed by atoms with Crippen LogP contribution in [0.15, 0.2) is 48.5 Å². The first-order valence-corrected chi connectivity index (χ1v) is 6.75. The van der Waals surface area contributed by atoms with Crippen molar-refractivity contribution in [3.8, 4) is 0 Å². The Kier molecular flexibility index (Phi) is 3.36. The molecular formula is C17H15N3O. The SMILES string of the molecule is Cc1cccc(NC(=O)c2cc(C)nc3ccccc23)n1. The van der Waals surface area contributed by atoms with Gasteiger partial charge in [0.2, 0.25) is 0 Å². The lowest BCUT2D eigenvalue weighted by molar-refractivity contribution is 0.102. The molecule has 3 aromatic rings. The zero-order valence-electron chi connectivity index (χ0n) is 11.9. The zero-order valence-corrected chi connectivity index (χ0v) is 11.9. The van der Waals surface area contributed by atoms with Crippen molar-refractivity contribution in [2.45, 2.75) is 13.8 Å². The Labute approximate surface area is 122 Å². The lowest BCUT2D eigenvalue weighted by atomic mass is 10.1. The lowest BCUT2D eigenvalue weighted by Gasteiger charge is -2.09. The Morgan fingerprint density at radius 1 is 0.952 bits per heavy atom. The Morgan fingerprint density at radius 2 is 1.76 bits per heavy atom. The highest BCUT2D eigenvalue weighted by Crippen LogP contribution is 2.19. The van der Waals surface area contributed by atoms with E-state index in [0.717, 1.165) is 22.3 Å². The number of amides is 1. The van der Waals surface area contributed by atoms with E-state index in [4.69, 9.17) is 0 Å². The van der Waals surface area contributed by atoms with E-state index in [-0.39, 0.29) is 5.91 Å². The van der Waals surface area contributed by atoms with Crippen LogP contribution in [-0.2, 0) is 0 Å². The monoisotopic (exact) mass is 277 g/mol. The highest BCUT2D eigenvalue weighted by molar-refractivity contribution is 6.12. The number of aryl methyl sites for hydroxylation is 2. The van der Waals surface area contributed by atoms with Gasteiger partial charge in [0.1, 0.15) is 5.82 Å². The van der Waals surface area contributed by atoms with E-state index in [0.29, 0.717) is 11.4 Å². The van der Waals surface area contributed by atoms with Crippen molar-refractivity contribution in [3.63, 3.8) is 0 Å². The average molecular weight is 277 g/mol. The van der Waals surface area contributed by atoms with Crippen LogP contribution in [0.3, 0.4) is 0 Å². The van der Waals surface area contributed by atoms with Crippen molar-refractivity contribution in [2.75, 3.05) is 5.32 Å². The van der Waals surface area contributed by atoms with Gasteiger partial charge in [-0.1, -0.05) is 24.3 Å². The molecule has 0 bridgehead atoms. The number of benzene rings is 1. The first kappa shape index (κ1) is 13.2. The fourth-order valence-corrected chi connectivity index (χ4v) is 2.29.